The molecule has 0 amide bonds. The quantitative estimate of drug-likeness (QED) is 0.581. The fourth-order valence-electron chi connectivity index (χ4n) is 0.730. The van der Waals surface area contributed by atoms with Crippen molar-refractivity contribution < 1.29 is 5.11 Å². The molecule has 0 aromatic rings. The minimum atomic E-state index is 0.510. The first-order valence-corrected chi connectivity index (χ1v) is 6.76. The smallest absolute Gasteiger partial charge is 0.0925 e. The summed E-state index contributed by atoms with van der Waals surface area (Å²) >= 11 is 0. The molecule has 1 rings (SSSR count). The van der Waals surface area contributed by atoms with E-state index in [2.05, 4.69) is 20.8 Å². The van der Waals surface area contributed by atoms with Crippen LogP contribution in [0.15, 0.2) is 23.5 Å². The van der Waals surface area contributed by atoms with E-state index in [4.69, 9.17) is 5.11 Å². The zero-order valence-electron chi connectivity index (χ0n) is 12.4. The maximum Gasteiger partial charge on any atom is 0.0925 e. The van der Waals surface area contributed by atoms with Crippen LogP contribution in [0.5, 0.6) is 0 Å². The summed E-state index contributed by atoms with van der Waals surface area (Å²) in [7, 11) is 0. The lowest BCUT2D eigenvalue weighted by molar-refractivity contribution is 0.386. The van der Waals surface area contributed by atoms with Crippen LogP contribution in [0.4, 0.5) is 0 Å². The van der Waals surface area contributed by atoms with Gasteiger partial charge in [-0.05, 0) is 19.4 Å². The van der Waals surface area contributed by atoms with Gasteiger partial charge in [-0.1, -0.05) is 66.0 Å². The summed E-state index contributed by atoms with van der Waals surface area (Å²) in [6.45, 7) is 14.4. The van der Waals surface area contributed by atoms with Crippen LogP contribution in [0.1, 0.15) is 74.1 Å². The summed E-state index contributed by atoms with van der Waals surface area (Å²) in [4.78, 5) is 0. The lowest BCUT2D eigenvalue weighted by Crippen LogP contribution is -1.88. The molecule has 0 heterocycles. The summed E-state index contributed by atoms with van der Waals surface area (Å²) in [6.07, 6.45) is 8.20. The summed E-state index contributed by atoms with van der Waals surface area (Å²) in [5.41, 5.74) is 1.35. The summed E-state index contributed by atoms with van der Waals surface area (Å²) in [5, 5.41) is 8.84. The molecular weight excluding hydrogens is 196 g/mol. The Morgan fingerprint density at radius 3 is 1.56 bits per heavy atom. The zero-order valence-corrected chi connectivity index (χ0v) is 12.4. The van der Waals surface area contributed by atoms with Crippen molar-refractivity contribution in [1.82, 2.24) is 0 Å². The van der Waals surface area contributed by atoms with Crippen LogP contribution < -0.4 is 0 Å². The monoisotopic (exact) mass is 228 g/mol. The first-order valence-electron chi connectivity index (χ1n) is 6.76. The fraction of sp³-hybridized carbons (Fsp3) is 0.733. The van der Waals surface area contributed by atoms with Crippen molar-refractivity contribution in [3.8, 4) is 0 Å². The van der Waals surface area contributed by atoms with Gasteiger partial charge in [-0.25, -0.2) is 0 Å². The second-order valence-corrected chi connectivity index (χ2v) is 3.17. The van der Waals surface area contributed by atoms with E-state index >= 15 is 0 Å². The lowest BCUT2D eigenvalue weighted by Gasteiger charge is -2.04. The standard InChI is InChI=1S/C7H10O.C4H10.2C2H6/c1-6-2-4-7(8)5-3-6;1-3-4-2;2*1-2/h2,4,8H,3,5H2,1H3;3-4H2,1-2H3;2*1-2H3. The minimum Gasteiger partial charge on any atom is -0.512 e. The number of rotatable bonds is 1. The number of unbranched alkanes of at least 4 members (excludes halogenated alkanes) is 1. The van der Waals surface area contributed by atoms with Crippen molar-refractivity contribution in [1.29, 1.82) is 0 Å². The van der Waals surface area contributed by atoms with Crippen LogP contribution in [0.25, 0.3) is 0 Å². The highest BCUT2D eigenvalue weighted by Gasteiger charge is 1.98. The molecule has 0 saturated heterocycles. The zero-order chi connectivity index (χ0) is 13.4. The predicted octanol–water partition coefficient (Wildman–Crippen LogP) is 6.03. The third-order valence-electron chi connectivity index (χ3n) is 1.84. The highest BCUT2D eigenvalue weighted by atomic mass is 16.3. The number of hydrogen-bond acceptors (Lipinski definition) is 1. The minimum absolute atomic E-state index is 0.510. The first-order chi connectivity index (χ1) is 7.70. The van der Waals surface area contributed by atoms with E-state index in [9.17, 15) is 0 Å². The molecule has 0 fully saturated rings. The second kappa shape index (κ2) is 19.8. The molecule has 0 aromatic carbocycles. The molecule has 0 spiro atoms. The number of aliphatic hydroxyl groups is 1. The molecular formula is C15H32O. The second-order valence-electron chi connectivity index (χ2n) is 3.17. The van der Waals surface area contributed by atoms with Crippen molar-refractivity contribution in [2.24, 2.45) is 0 Å². The Morgan fingerprint density at radius 1 is 0.938 bits per heavy atom. The van der Waals surface area contributed by atoms with Crippen molar-refractivity contribution in [3.63, 3.8) is 0 Å². The van der Waals surface area contributed by atoms with Gasteiger partial charge in [-0.3, -0.25) is 0 Å². The van der Waals surface area contributed by atoms with Gasteiger partial charge in [-0.2, -0.15) is 0 Å². The van der Waals surface area contributed by atoms with E-state index in [1.54, 1.807) is 6.08 Å². The van der Waals surface area contributed by atoms with E-state index in [-0.39, 0.29) is 0 Å². The van der Waals surface area contributed by atoms with Gasteiger partial charge in [0.05, 0.1) is 5.76 Å². The van der Waals surface area contributed by atoms with Crippen LogP contribution in [0, 0.1) is 0 Å². The molecule has 0 aliphatic heterocycles. The highest BCUT2D eigenvalue weighted by Crippen LogP contribution is 2.14. The normalized spacial score (nSPS) is 12.4. The molecule has 16 heavy (non-hydrogen) atoms. The van der Waals surface area contributed by atoms with Crippen LogP contribution >= 0.6 is 0 Å². The maximum atomic E-state index is 8.84. The van der Waals surface area contributed by atoms with Gasteiger partial charge in [0.25, 0.3) is 0 Å². The largest absolute Gasteiger partial charge is 0.512 e. The molecule has 0 radical (unpaired) electrons. The molecule has 0 unspecified atom stereocenters. The van der Waals surface area contributed by atoms with Crippen LogP contribution in [0.2, 0.25) is 0 Å². The summed E-state index contributed by atoms with van der Waals surface area (Å²) < 4.78 is 0. The Labute approximate surface area is 103 Å². The molecule has 0 bridgehead atoms. The predicted molar refractivity (Wildman–Crippen MR) is 77.0 cm³/mol. The highest BCUT2D eigenvalue weighted by molar-refractivity contribution is 5.18. The molecule has 1 nitrogen and oxygen atoms in total. The van der Waals surface area contributed by atoms with Gasteiger partial charge in [0, 0.05) is 6.42 Å². The van der Waals surface area contributed by atoms with Gasteiger partial charge < -0.3 is 5.11 Å². The van der Waals surface area contributed by atoms with Gasteiger partial charge >= 0.3 is 0 Å². The van der Waals surface area contributed by atoms with E-state index in [1.807, 2.05) is 33.8 Å². The number of allylic oxidation sites excluding steroid dienone is 4. The van der Waals surface area contributed by atoms with Crippen LogP contribution in [0.3, 0.4) is 0 Å². The lowest BCUT2D eigenvalue weighted by atomic mass is 10.1. The van der Waals surface area contributed by atoms with Crippen LogP contribution in [-0.4, -0.2) is 5.11 Å². The Hall–Kier alpha value is -0.720. The number of aliphatic hydroxyl groups excluding tert-OH is 1. The Kier molecular flexibility index (Phi) is 25.6. The Bertz CT molecular complexity index is 146. The van der Waals surface area contributed by atoms with Crippen molar-refractivity contribution >= 4 is 0 Å². The first kappa shape index (κ1) is 20.7. The van der Waals surface area contributed by atoms with E-state index in [0.29, 0.717) is 5.76 Å². The summed E-state index contributed by atoms with van der Waals surface area (Å²) in [5.74, 6) is 0.510. The van der Waals surface area contributed by atoms with E-state index in [1.165, 1.54) is 18.4 Å². The molecule has 98 valence electrons. The third-order valence-corrected chi connectivity index (χ3v) is 1.84. The maximum absolute atomic E-state index is 8.84. The van der Waals surface area contributed by atoms with Crippen molar-refractivity contribution in [3.05, 3.63) is 23.5 Å². The molecule has 1 aliphatic rings. The molecule has 0 saturated carbocycles. The van der Waals surface area contributed by atoms with Crippen molar-refractivity contribution in [2.75, 3.05) is 0 Å². The Balaban J connectivity index is -0.000000181. The topological polar surface area (TPSA) is 20.2 Å². The SMILES string of the molecule is CC.CC.CC1=CC=C(O)CC1.CCCC. The van der Waals surface area contributed by atoms with Gasteiger partial charge in [0.15, 0.2) is 0 Å². The van der Waals surface area contributed by atoms with E-state index < -0.39 is 0 Å². The number of hydrogen-bond donors (Lipinski definition) is 1. The van der Waals surface area contributed by atoms with Gasteiger partial charge in [0.1, 0.15) is 0 Å². The average Bonchev–Trinajstić information content (AvgIpc) is 2.38. The third kappa shape index (κ3) is 18.9. The fourth-order valence-corrected chi connectivity index (χ4v) is 0.730. The molecule has 1 aliphatic carbocycles. The Morgan fingerprint density at radius 2 is 1.38 bits per heavy atom. The average molecular weight is 228 g/mol. The van der Waals surface area contributed by atoms with Gasteiger partial charge in [0.2, 0.25) is 0 Å². The molecule has 0 atom stereocenters. The van der Waals surface area contributed by atoms with E-state index in [0.717, 1.165) is 12.8 Å². The molecule has 0 aromatic heterocycles. The molecule has 1 N–H and O–H groups in total. The van der Waals surface area contributed by atoms with Crippen LogP contribution in [-0.2, 0) is 0 Å². The van der Waals surface area contributed by atoms with Crippen molar-refractivity contribution in [2.45, 2.75) is 74.1 Å². The summed E-state index contributed by atoms with van der Waals surface area (Å²) in [6, 6.07) is 0. The molecule has 1 heteroatoms. The van der Waals surface area contributed by atoms with Gasteiger partial charge in [-0.15, -0.1) is 0 Å².